The van der Waals surface area contributed by atoms with Crippen LogP contribution < -0.4 is 16.0 Å². The number of fused-ring (bicyclic) bond motifs is 1. The highest BCUT2D eigenvalue weighted by atomic mass is 32.2. The number of hydrogen-bond acceptors (Lipinski definition) is 7. The summed E-state index contributed by atoms with van der Waals surface area (Å²) in [6.07, 6.45) is 8.88. The van der Waals surface area contributed by atoms with E-state index in [2.05, 4.69) is 46.5 Å². The molecule has 1 aliphatic carbocycles. The number of carbonyl (C=O) groups excluding carboxylic acids is 3. The van der Waals surface area contributed by atoms with E-state index < -0.39 is 6.10 Å². The normalized spacial score (nSPS) is 20.6. The Labute approximate surface area is 297 Å². The quantitative estimate of drug-likeness (QED) is 0.168. The molecule has 10 heteroatoms. The lowest BCUT2D eigenvalue weighted by Crippen LogP contribution is -2.53. The molecule has 1 aromatic carbocycles. The Morgan fingerprint density at radius 3 is 2.08 bits per heavy atom. The van der Waals surface area contributed by atoms with Crippen LogP contribution >= 0.6 is 11.8 Å². The second kappa shape index (κ2) is 24.9. The van der Waals surface area contributed by atoms with E-state index in [0.717, 1.165) is 61.7 Å². The fraction of sp³-hybridized carbons (Fsp3) is 0.763. The van der Waals surface area contributed by atoms with Crippen molar-refractivity contribution in [2.45, 2.75) is 123 Å². The molecule has 0 unspecified atom stereocenters. The van der Waals surface area contributed by atoms with Gasteiger partial charge in [0.05, 0.1) is 25.2 Å². The zero-order valence-electron chi connectivity index (χ0n) is 31.4. The van der Waals surface area contributed by atoms with Crippen LogP contribution in [-0.2, 0) is 14.4 Å². The summed E-state index contributed by atoms with van der Waals surface area (Å²) in [5.74, 6) is 2.66. The number of benzene rings is 1. The molecule has 9 nitrogen and oxygen atoms in total. The highest BCUT2D eigenvalue weighted by Crippen LogP contribution is 2.36. The molecule has 0 spiro atoms. The molecule has 2 aliphatic heterocycles. The van der Waals surface area contributed by atoms with Crippen LogP contribution in [0.2, 0.25) is 0 Å². The molecular weight excluding hydrogens is 623 g/mol. The lowest BCUT2D eigenvalue weighted by Gasteiger charge is -2.42. The van der Waals surface area contributed by atoms with Crippen molar-refractivity contribution in [1.29, 1.82) is 0 Å². The molecule has 4 atom stereocenters. The molecule has 0 bridgehead atoms. The van der Waals surface area contributed by atoms with Crippen LogP contribution in [0.5, 0.6) is 0 Å². The molecule has 4 N–H and O–H groups in total. The van der Waals surface area contributed by atoms with Crippen molar-refractivity contribution < 1.29 is 19.5 Å². The van der Waals surface area contributed by atoms with Crippen LogP contribution in [0.3, 0.4) is 0 Å². The summed E-state index contributed by atoms with van der Waals surface area (Å²) in [6, 6.07) is 9.68. The first-order valence-corrected chi connectivity index (χ1v) is 19.4. The van der Waals surface area contributed by atoms with Crippen molar-refractivity contribution >= 4 is 30.0 Å². The summed E-state index contributed by atoms with van der Waals surface area (Å²) in [4.78, 5) is 40.3. The van der Waals surface area contributed by atoms with Gasteiger partial charge in [-0.05, 0) is 96.0 Å². The number of β-amino-alcohol motifs (C(OH)–C–C–N with tert-alkyl or cyclic N) is 1. The molecule has 48 heavy (non-hydrogen) atoms. The monoisotopic (exact) mass is 692 g/mol. The van der Waals surface area contributed by atoms with E-state index in [9.17, 15) is 19.5 Å². The maximum atomic E-state index is 12.7. The number of hydrogen-bond donors (Lipinski definition) is 4. The van der Waals surface area contributed by atoms with Crippen LogP contribution in [0, 0.1) is 17.8 Å². The van der Waals surface area contributed by atoms with Crippen LogP contribution in [-0.4, -0.2) is 102 Å². The van der Waals surface area contributed by atoms with Crippen LogP contribution in [0.4, 0.5) is 0 Å². The fourth-order valence-corrected chi connectivity index (χ4v) is 7.03. The predicted octanol–water partition coefficient (Wildman–Crippen LogP) is 5.57. The Morgan fingerprint density at radius 1 is 0.917 bits per heavy atom. The van der Waals surface area contributed by atoms with Gasteiger partial charge < -0.3 is 26.0 Å². The highest BCUT2D eigenvalue weighted by Gasteiger charge is 2.33. The van der Waals surface area contributed by atoms with Gasteiger partial charge in [-0.25, -0.2) is 0 Å². The van der Waals surface area contributed by atoms with Crippen molar-refractivity contribution in [3.8, 4) is 0 Å². The van der Waals surface area contributed by atoms with Crippen LogP contribution in [0.1, 0.15) is 100 Å². The van der Waals surface area contributed by atoms with Gasteiger partial charge in [0.15, 0.2) is 0 Å². The summed E-state index contributed by atoms with van der Waals surface area (Å²) in [5.41, 5.74) is -0.0677. The third kappa shape index (κ3) is 20.4. The lowest BCUT2D eigenvalue weighted by molar-refractivity contribution is -0.127. The number of piperidine rings is 1. The minimum atomic E-state index is -0.657. The number of rotatable bonds is 12. The Bertz CT molecular complexity index is 998. The largest absolute Gasteiger partial charge is 0.390 e. The molecular formula is C38H69N5O4S. The van der Waals surface area contributed by atoms with Crippen molar-refractivity contribution in [1.82, 2.24) is 25.8 Å². The summed E-state index contributed by atoms with van der Waals surface area (Å²) in [5, 5.41) is 19.6. The number of nitrogens with one attached hydrogen (secondary N) is 3. The zero-order valence-corrected chi connectivity index (χ0v) is 32.2. The molecule has 1 saturated carbocycles. The van der Waals surface area contributed by atoms with Crippen LogP contribution in [0.15, 0.2) is 35.2 Å². The first-order valence-electron chi connectivity index (χ1n) is 18.4. The van der Waals surface area contributed by atoms with Gasteiger partial charge in [-0.15, -0.1) is 11.8 Å². The summed E-state index contributed by atoms with van der Waals surface area (Å²) < 4.78 is 0. The van der Waals surface area contributed by atoms with Crippen molar-refractivity contribution in [2.75, 3.05) is 51.6 Å². The summed E-state index contributed by atoms with van der Waals surface area (Å²) in [7, 11) is 0. The van der Waals surface area contributed by atoms with Gasteiger partial charge in [0.2, 0.25) is 18.2 Å². The van der Waals surface area contributed by atoms with Crippen LogP contribution in [0.25, 0.3) is 0 Å². The maximum Gasteiger partial charge on any atom is 0.239 e. The van der Waals surface area contributed by atoms with Gasteiger partial charge >= 0.3 is 0 Å². The van der Waals surface area contributed by atoms with E-state index in [1.165, 1.54) is 32.1 Å². The molecule has 0 aromatic heterocycles. The van der Waals surface area contributed by atoms with Crippen molar-refractivity contribution in [3.05, 3.63) is 30.3 Å². The topological polar surface area (TPSA) is 114 Å². The second-order valence-electron chi connectivity index (χ2n) is 14.7. The molecule has 4 rings (SSSR count). The molecule has 3 aliphatic rings. The molecule has 3 fully saturated rings. The van der Waals surface area contributed by atoms with E-state index >= 15 is 0 Å². The van der Waals surface area contributed by atoms with Gasteiger partial charge in [0.25, 0.3) is 0 Å². The number of aliphatic hydroxyl groups excluding tert-OH is 1. The van der Waals surface area contributed by atoms with Crippen molar-refractivity contribution in [2.24, 2.45) is 17.8 Å². The fourth-order valence-electron chi connectivity index (χ4n) is 6.00. The first kappa shape index (κ1) is 43.9. The number of likely N-dealkylation sites (tertiary alicyclic amines) is 2. The molecule has 3 amide bonds. The molecule has 2 saturated heterocycles. The van der Waals surface area contributed by atoms with E-state index in [-0.39, 0.29) is 29.9 Å². The van der Waals surface area contributed by atoms with E-state index in [4.69, 9.17) is 0 Å². The maximum absolute atomic E-state index is 12.7. The lowest BCUT2D eigenvalue weighted by atomic mass is 9.75. The molecule has 276 valence electrons. The number of thioether (sulfide) groups is 1. The van der Waals surface area contributed by atoms with E-state index in [0.29, 0.717) is 25.3 Å². The number of aliphatic hydroxyl groups is 1. The number of amides is 3. The Hall–Kier alpha value is -2.14. The zero-order chi connectivity index (χ0) is 36.0. The average molecular weight is 692 g/mol. The smallest absolute Gasteiger partial charge is 0.239 e. The number of nitrogens with zero attached hydrogens (tertiary/aromatic N) is 2. The van der Waals surface area contributed by atoms with Gasteiger partial charge in [0.1, 0.15) is 0 Å². The third-order valence-electron chi connectivity index (χ3n) is 8.31. The predicted molar refractivity (Wildman–Crippen MR) is 201 cm³/mol. The van der Waals surface area contributed by atoms with Crippen molar-refractivity contribution in [3.63, 3.8) is 0 Å². The van der Waals surface area contributed by atoms with Gasteiger partial charge in [-0.3, -0.25) is 19.3 Å². The Kier molecular flexibility index (Phi) is 22.8. The third-order valence-corrected chi connectivity index (χ3v) is 9.44. The molecule has 1 aromatic rings. The average Bonchev–Trinajstić information content (AvgIpc) is 3.56. The van der Waals surface area contributed by atoms with Gasteiger partial charge in [-0.2, -0.15) is 0 Å². The molecule has 2 heterocycles. The Morgan fingerprint density at radius 2 is 1.52 bits per heavy atom. The SMILES string of the molecule is CC.CC(C)(C)NC=O.CC(C)C.O=C(CN1CCCC1)NCC(=O)N[C@@H](CSc1ccccc1)[C@H](O)CN1CC[C@@H]2CCCC[C@@H]2C1. The van der Waals surface area contributed by atoms with Gasteiger partial charge in [-0.1, -0.05) is 72.1 Å². The van der Waals surface area contributed by atoms with E-state index in [1.807, 2.05) is 65.0 Å². The Balaban J connectivity index is 0.000000758. The minimum absolute atomic E-state index is 0.0562. The summed E-state index contributed by atoms with van der Waals surface area (Å²) >= 11 is 1.64. The standard InChI is InChI=1S/C27H42N4O3S.C5H11NO.C4H10.C2H6/c32-25(18-31-15-12-21-8-4-5-9-22(21)17-31)24(20-35-23-10-2-1-3-11-23)29-26(33)16-28-27(34)19-30-13-6-7-14-30;1-5(2,3)6-4-7;1-4(2)3;1-2/h1-3,10-11,21-22,24-25,32H,4-9,12-20H2,(H,28,34)(H,29,33);4H,1-3H3,(H,6,7);4H,1-3H3;1-2H3/t21-,22+,24-,25+;;;/m0.../s1. The number of carbonyl (C=O) groups is 3. The minimum Gasteiger partial charge on any atom is -0.390 e. The highest BCUT2D eigenvalue weighted by molar-refractivity contribution is 7.99. The first-order chi connectivity index (χ1) is 22.9. The summed E-state index contributed by atoms with van der Waals surface area (Å²) in [6.45, 7) is 21.1. The second-order valence-corrected chi connectivity index (χ2v) is 15.8. The van der Waals surface area contributed by atoms with E-state index in [1.54, 1.807) is 11.8 Å². The molecule has 0 radical (unpaired) electrons. The van der Waals surface area contributed by atoms with Gasteiger partial charge in [0, 0.05) is 29.3 Å².